The van der Waals surface area contributed by atoms with Crippen LogP contribution in [0.2, 0.25) is 0 Å². The molecule has 3 N–H and O–H groups in total. The van der Waals surface area contributed by atoms with Gasteiger partial charge in [0.2, 0.25) is 0 Å². The number of hydrogen-bond acceptors (Lipinski definition) is 4. The zero-order chi connectivity index (χ0) is 15.0. The van der Waals surface area contributed by atoms with Crippen LogP contribution in [0, 0.1) is 5.92 Å². The topological polar surface area (TPSA) is 56.5 Å². The molecule has 112 valence electrons. The van der Waals surface area contributed by atoms with Crippen molar-refractivity contribution < 1.29 is 9.47 Å². The number of nitrogens with one attached hydrogen (secondary N) is 1. The van der Waals surface area contributed by atoms with Gasteiger partial charge in [-0.15, -0.1) is 0 Å². The Balaban J connectivity index is 2.32. The highest BCUT2D eigenvalue weighted by atomic mass is 16.5. The van der Waals surface area contributed by atoms with Crippen LogP contribution >= 0.6 is 0 Å². The van der Waals surface area contributed by atoms with Crippen molar-refractivity contribution in [2.75, 3.05) is 7.11 Å². The fourth-order valence-corrected chi connectivity index (χ4v) is 3.40. The summed E-state index contributed by atoms with van der Waals surface area (Å²) in [6, 6.07) is 8.09. The van der Waals surface area contributed by atoms with Crippen LogP contribution in [0.1, 0.15) is 45.7 Å². The van der Waals surface area contributed by atoms with Crippen molar-refractivity contribution in [2.45, 2.75) is 51.4 Å². The summed E-state index contributed by atoms with van der Waals surface area (Å²) in [7, 11) is 1.68. The normalized spacial score (nSPS) is 25.4. The molecule has 20 heavy (non-hydrogen) atoms. The van der Waals surface area contributed by atoms with E-state index in [4.69, 9.17) is 15.3 Å². The second-order valence-corrected chi connectivity index (χ2v) is 6.70. The van der Waals surface area contributed by atoms with Crippen molar-refractivity contribution in [3.63, 3.8) is 0 Å². The van der Waals surface area contributed by atoms with Crippen LogP contribution < -0.4 is 16.0 Å². The van der Waals surface area contributed by atoms with Gasteiger partial charge in [-0.2, -0.15) is 0 Å². The molecule has 0 aliphatic carbocycles. The minimum atomic E-state index is -0.219. The molecule has 1 fully saturated rings. The fraction of sp³-hybridized carbons (Fsp3) is 0.625. The first-order valence-corrected chi connectivity index (χ1v) is 7.09. The Labute approximate surface area is 121 Å². The zero-order valence-corrected chi connectivity index (χ0v) is 13.1. The molecule has 0 spiro atoms. The van der Waals surface area contributed by atoms with Crippen molar-refractivity contribution in [3.05, 3.63) is 29.8 Å². The molecule has 1 aliphatic heterocycles. The van der Waals surface area contributed by atoms with E-state index in [1.54, 1.807) is 7.11 Å². The molecule has 0 radical (unpaired) electrons. The Hall–Kier alpha value is -1.10. The van der Waals surface area contributed by atoms with Gasteiger partial charge in [0, 0.05) is 5.92 Å². The lowest BCUT2D eigenvalue weighted by atomic mass is 9.79. The van der Waals surface area contributed by atoms with Crippen LogP contribution in [0.3, 0.4) is 0 Å². The number of hydrazine groups is 1. The fourth-order valence-electron chi connectivity index (χ4n) is 3.40. The maximum absolute atomic E-state index is 6.18. The van der Waals surface area contributed by atoms with E-state index in [0.717, 1.165) is 17.7 Å². The third kappa shape index (κ3) is 2.97. The number of hydrogen-bond donors (Lipinski definition) is 2. The van der Waals surface area contributed by atoms with Crippen LogP contribution in [0.15, 0.2) is 24.3 Å². The first-order chi connectivity index (χ1) is 9.29. The molecule has 1 saturated heterocycles. The number of ether oxygens (including phenoxy) is 2. The lowest BCUT2D eigenvalue weighted by Gasteiger charge is -2.33. The smallest absolute Gasteiger partial charge is 0.119 e. The largest absolute Gasteiger partial charge is 0.497 e. The van der Waals surface area contributed by atoms with Crippen LogP contribution in [-0.2, 0) is 4.74 Å². The summed E-state index contributed by atoms with van der Waals surface area (Å²) >= 11 is 0. The van der Waals surface area contributed by atoms with E-state index in [-0.39, 0.29) is 17.2 Å². The quantitative estimate of drug-likeness (QED) is 0.657. The minimum absolute atomic E-state index is 0.0434. The monoisotopic (exact) mass is 278 g/mol. The van der Waals surface area contributed by atoms with Crippen molar-refractivity contribution in [1.29, 1.82) is 0 Å². The van der Waals surface area contributed by atoms with E-state index in [1.165, 1.54) is 0 Å². The van der Waals surface area contributed by atoms with Crippen molar-refractivity contribution in [1.82, 2.24) is 5.43 Å². The molecule has 1 heterocycles. The number of rotatable bonds is 4. The maximum Gasteiger partial charge on any atom is 0.119 e. The predicted molar refractivity (Wildman–Crippen MR) is 80.4 cm³/mol. The van der Waals surface area contributed by atoms with E-state index in [1.807, 2.05) is 18.2 Å². The second-order valence-electron chi connectivity index (χ2n) is 6.70. The van der Waals surface area contributed by atoms with Gasteiger partial charge >= 0.3 is 0 Å². The van der Waals surface area contributed by atoms with E-state index >= 15 is 0 Å². The maximum atomic E-state index is 6.18. The first-order valence-electron chi connectivity index (χ1n) is 7.09. The molecule has 2 rings (SSSR count). The number of methoxy groups -OCH3 is 1. The molecular formula is C16H26N2O2. The highest BCUT2D eigenvalue weighted by molar-refractivity contribution is 5.31. The Kier molecular flexibility index (Phi) is 4.09. The van der Waals surface area contributed by atoms with Gasteiger partial charge in [-0.1, -0.05) is 12.1 Å². The van der Waals surface area contributed by atoms with Gasteiger partial charge in [-0.3, -0.25) is 11.3 Å². The summed E-state index contributed by atoms with van der Waals surface area (Å²) in [4.78, 5) is 0. The predicted octanol–water partition coefficient (Wildman–Crippen LogP) is 2.79. The van der Waals surface area contributed by atoms with Crippen molar-refractivity contribution in [3.8, 4) is 5.75 Å². The van der Waals surface area contributed by atoms with E-state index < -0.39 is 0 Å². The van der Waals surface area contributed by atoms with Gasteiger partial charge in [-0.25, -0.2) is 0 Å². The summed E-state index contributed by atoms with van der Waals surface area (Å²) in [6.45, 7) is 8.54. The van der Waals surface area contributed by atoms with E-state index in [2.05, 4.69) is 39.2 Å². The van der Waals surface area contributed by atoms with E-state index in [9.17, 15) is 0 Å². The lowest BCUT2D eigenvalue weighted by Crippen LogP contribution is -2.41. The number of nitrogens with two attached hydrogens (primary N) is 1. The molecule has 1 aromatic rings. The van der Waals surface area contributed by atoms with Crippen LogP contribution in [0.5, 0.6) is 5.75 Å². The van der Waals surface area contributed by atoms with Gasteiger partial charge in [-0.05, 0) is 51.8 Å². The third-order valence-electron chi connectivity index (χ3n) is 4.18. The van der Waals surface area contributed by atoms with Gasteiger partial charge in [0.25, 0.3) is 0 Å². The summed E-state index contributed by atoms with van der Waals surface area (Å²) in [6.07, 6.45) is 0.964. The third-order valence-corrected chi connectivity index (χ3v) is 4.18. The summed E-state index contributed by atoms with van der Waals surface area (Å²) in [5, 5.41) is 0. The van der Waals surface area contributed by atoms with Crippen molar-refractivity contribution in [2.24, 2.45) is 11.8 Å². The van der Waals surface area contributed by atoms with E-state index in [0.29, 0.717) is 5.92 Å². The van der Waals surface area contributed by atoms with Gasteiger partial charge in [0.05, 0.1) is 24.4 Å². The molecule has 0 aromatic heterocycles. The van der Waals surface area contributed by atoms with Crippen LogP contribution in [0.4, 0.5) is 0 Å². The molecule has 1 aromatic carbocycles. The lowest BCUT2D eigenvalue weighted by molar-refractivity contribution is -0.0779. The number of benzene rings is 1. The first kappa shape index (κ1) is 15.3. The highest BCUT2D eigenvalue weighted by Crippen LogP contribution is 2.47. The molecule has 2 atom stereocenters. The van der Waals surface area contributed by atoms with Gasteiger partial charge < -0.3 is 9.47 Å². The SMILES string of the molecule is COc1cccc(C(NN)C2CC(C)(C)OC2(C)C)c1. The Morgan fingerprint density at radius 1 is 1.35 bits per heavy atom. The van der Waals surface area contributed by atoms with Crippen molar-refractivity contribution >= 4 is 0 Å². The second kappa shape index (κ2) is 5.35. The average Bonchev–Trinajstić information content (AvgIpc) is 2.59. The molecule has 1 aliphatic rings. The summed E-state index contributed by atoms with van der Waals surface area (Å²) in [5.41, 5.74) is 3.76. The Morgan fingerprint density at radius 2 is 2.05 bits per heavy atom. The molecular weight excluding hydrogens is 252 g/mol. The highest BCUT2D eigenvalue weighted by Gasteiger charge is 2.49. The molecule has 0 amide bonds. The Bertz CT molecular complexity index is 471. The van der Waals surface area contributed by atoms with Gasteiger partial charge in [0.15, 0.2) is 0 Å². The molecule has 0 saturated carbocycles. The molecule has 0 bridgehead atoms. The average molecular weight is 278 g/mol. The van der Waals surface area contributed by atoms with Crippen LogP contribution in [0.25, 0.3) is 0 Å². The summed E-state index contributed by atoms with van der Waals surface area (Å²) < 4.78 is 11.5. The zero-order valence-electron chi connectivity index (χ0n) is 13.1. The molecule has 2 unspecified atom stereocenters. The van der Waals surface area contributed by atoms with Crippen LogP contribution in [-0.4, -0.2) is 18.3 Å². The summed E-state index contributed by atoms with van der Waals surface area (Å²) in [5.74, 6) is 6.99. The molecule has 4 heteroatoms. The standard InChI is InChI=1S/C16H26N2O2/c1-15(2)10-13(16(3,4)20-15)14(18-17)11-7-6-8-12(9-11)19-5/h6-9,13-14,18H,10,17H2,1-5H3. The minimum Gasteiger partial charge on any atom is -0.497 e. The van der Waals surface area contributed by atoms with Gasteiger partial charge in [0.1, 0.15) is 5.75 Å². The Morgan fingerprint density at radius 3 is 2.55 bits per heavy atom. The molecule has 4 nitrogen and oxygen atoms in total.